The smallest absolute Gasteiger partial charge is 0.0992 e. The van der Waals surface area contributed by atoms with E-state index in [4.69, 9.17) is 10.5 Å². The van der Waals surface area contributed by atoms with E-state index < -0.39 is 0 Å². The molecule has 92 valence electrons. The van der Waals surface area contributed by atoms with Crippen LogP contribution in [0.5, 0.6) is 0 Å². The Hall–Kier alpha value is -1.52. The molecule has 0 radical (unpaired) electrons. The zero-order valence-corrected chi connectivity index (χ0v) is 11.6. The van der Waals surface area contributed by atoms with Crippen molar-refractivity contribution in [3.63, 3.8) is 0 Å². The quantitative estimate of drug-likeness (QED) is 0.903. The molecule has 0 bridgehead atoms. The lowest BCUT2D eigenvalue weighted by molar-refractivity contribution is 0.388. The van der Waals surface area contributed by atoms with Gasteiger partial charge in [-0.2, -0.15) is 10.5 Å². The van der Waals surface area contributed by atoms with Crippen molar-refractivity contribution >= 4 is 21.6 Å². The fourth-order valence-electron chi connectivity index (χ4n) is 2.36. The van der Waals surface area contributed by atoms with Gasteiger partial charge in [-0.15, -0.1) is 0 Å². The van der Waals surface area contributed by atoms with Crippen molar-refractivity contribution in [1.82, 2.24) is 0 Å². The van der Waals surface area contributed by atoms with Crippen LogP contribution in [0.4, 0.5) is 5.69 Å². The summed E-state index contributed by atoms with van der Waals surface area (Å²) in [5.41, 5.74) is 1.59. The molecule has 0 heterocycles. The second kappa shape index (κ2) is 5.89. The molecule has 2 unspecified atom stereocenters. The van der Waals surface area contributed by atoms with Crippen molar-refractivity contribution in [2.24, 2.45) is 5.92 Å². The predicted molar refractivity (Wildman–Crippen MR) is 73.8 cm³/mol. The van der Waals surface area contributed by atoms with Crippen molar-refractivity contribution in [1.29, 1.82) is 10.5 Å². The van der Waals surface area contributed by atoms with E-state index in [9.17, 15) is 0 Å². The lowest BCUT2D eigenvalue weighted by atomic mass is 9.85. The van der Waals surface area contributed by atoms with Gasteiger partial charge in [0.25, 0.3) is 0 Å². The van der Waals surface area contributed by atoms with Crippen molar-refractivity contribution in [2.75, 3.05) is 5.32 Å². The molecule has 1 aromatic carbocycles. The van der Waals surface area contributed by atoms with Gasteiger partial charge in [0, 0.05) is 16.2 Å². The molecule has 1 fully saturated rings. The first-order valence-electron chi connectivity index (χ1n) is 6.10. The minimum Gasteiger partial charge on any atom is -0.380 e. The van der Waals surface area contributed by atoms with Crippen LogP contribution in [0.2, 0.25) is 0 Å². The Kier molecular flexibility index (Phi) is 4.23. The average molecular weight is 304 g/mol. The van der Waals surface area contributed by atoms with Gasteiger partial charge < -0.3 is 5.32 Å². The summed E-state index contributed by atoms with van der Waals surface area (Å²) < 4.78 is 0.879. The molecule has 0 amide bonds. The van der Waals surface area contributed by atoms with Gasteiger partial charge in [0.2, 0.25) is 0 Å². The van der Waals surface area contributed by atoms with Gasteiger partial charge in [-0.1, -0.05) is 12.8 Å². The molecule has 1 saturated carbocycles. The number of nitrogens with one attached hydrogen (secondary N) is 1. The summed E-state index contributed by atoms with van der Waals surface area (Å²) in [5, 5.41) is 21.4. The van der Waals surface area contributed by atoms with Gasteiger partial charge in [0.05, 0.1) is 23.6 Å². The maximum absolute atomic E-state index is 9.15. The Bertz CT molecular complexity index is 513. The first-order chi connectivity index (χ1) is 8.74. The highest BCUT2D eigenvalue weighted by Crippen LogP contribution is 2.30. The molecule has 4 heteroatoms. The lowest BCUT2D eigenvalue weighted by Gasteiger charge is -2.28. The average Bonchev–Trinajstić information content (AvgIpc) is 2.41. The van der Waals surface area contributed by atoms with Crippen LogP contribution in [0.1, 0.15) is 31.2 Å². The summed E-state index contributed by atoms with van der Waals surface area (Å²) >= 11 is 3.46. The topological polar surface area (TPSA) is 59.6 Å². The third-order valence-corrected chi connectivity index (χ3v) is 4.03. The predicted octanol–water partition coefficient (Wildman–Crippen LogP) is 3.82. The number of hydrogen-bond donors (Lipinski definition) is 1. The minimum absolute atomic E-state index is 0.0845. The van der Waals surface area contributed by atoms with E-state index >= 15 is 0 Å². The molecular weight excluding hydrogens is 290 g/mol. The standard InChI is InChI=1S/C14H14BrN3/c15-12-7-10(8-16)5-6-14(12)18-13-4-2-1-3-11(13)9-17/h5-7,11,13,18H,1-4H2. The number of benzene rings is 1. The third kappa shape index (κ3) is 2.83. The summed E-state index contributed by atoms with van der Waals surface area (Å²) in [6, 6.07) is 10.2. The number of halogens is 1. The molecule has 1 aliphatic carbocycles. The second-order valence-electron chi connectivity index (χ2n) is 4.58. The molecule has 3 nitrogen and oxygen atoms in total. The van der Waals surface area contributed by atoms with Crippen molar-refractivity contribution in [2.45, 2.75) is 31.7 Å². The van der Waals surface area contributed by atoms with Gasteiger partial charge in [-0.05, 0) is 47.0 Å². The van der Waals surface area contributed by atoms with Gasteiger partial charge >= 0.3 is 0 Å². The van der Waals surface area contributed by atoms with Crippen LogP contribution in [-0.2, 0) is 0 Å². The highest BCUT2D eigenvalue weighted by atomic mass is 79.9. The SMILES string of the molecule is N#Cc1ccc(NC2CCCCC2C#N)c(Br)c1. The molecule has 2 rings (SSSR count). The van der Waals surface area contributed by atoms with Crippen LogP contribution in [0.25, 0.3) is 0 Å². The number of nitriles is 2. The summed E-state index contributed by atoms with van der Waals surface area (Å²) in [4.78, 5) is 0. The maximum Gasteiger partial charge on any atom is 0.0992 e. The van der Waals surface area contributed by atoms with E-state index in [0.29, 0.717) is 5.56 Å². The minimum atomic E-state index is 0.0845. The lowest BCUT2D eigenvalue weighted by Crippen LogP contribution is -2.31. The van der Waals surface area contributed by atoms with Gasteiger partial charge in [-0.25, -0.2) is 0 Å². The van der Waals surface area contributed by atoms with Gasteiger partial charge in [-0.3, -0.25) is 0 Å². The Morgan fingerprint density at radius 1 is 1.22 bits per heavy atom. The molecule has 0 aliphatic heterocycles. The highest BCUT2D eigenvalue weighted by Gasteiger charge is 2.25. The van der Waals surface area contributed by atoms with E-state index in [1.807, 2.05) is 6.07 Å². The molecule has 1 aromatic rings. The number of rotatable bonds is 2. The van der Waals surface area contributed by atoms with E-state index in [1.165, 1.54) is 6.42 Å². The fraction of sp³-hybridized carbons (Fsp3) is 0.429. The number of nitrogens with zero attached hydrogens (tertiary/aromatic N) is 2. The fourth-order valence-corrected chi connectivity index (χ4v) is 2.85. The highest BCUT2D eigenvalue weighted by molar-refractivity contribution is 9.10. The second-order valence-corrected chi connectivity index (χ2v) is 5.43. The maximum atomic E-state index is 9.15. The number of hydrogen-bond acceptors (Lipinski definition) is 3. The Morgan fingerprint density at radius 2 is 2.00 bits per heavy atom. The Labute approximate surface area is 116 Å². The van der Waals surface area contributed by atoms with Gasteiger partial charge in [0.15, 0.2) is 0 Å². The summed E-state index contributed by atoms with van der Waals surface area (Å²) in [5.74, 6) is 0.0845. The van der Waals surface area contributed by atoms with E-state index in [-0.39, 0.29) is 12.0 Å². The van der Waals surface area contributed by atoms with Crippen LogP contribution in [0, 0.1) is 28.6 Å². The summed E-state index contributed by atoms with van der Waals surface area (Å²) in [6.45, 7) is 0. The zero-order valence-electron chi connectivity index (χ0n) is 9.99. The van der Waals surface area contributed by atoms with Crippen LogP contribution in [0.15, 0.2) is 22.7 Å². The number of anilines is 1. The van der Waals surface area contributed by atoms with E-state index in [2.05, 4.69) is 33.4 Å². The van der Waals surface area contributed by atoms with Crippen molar-refractivity contribution in [3.05, 3.63) is 28.2 Å². The Morgan fingerprint density at radius 3 is 2.67 bits per heavy atom. The Balaban J connectivity index is 2.14. The zero-order chi connectivity index (χ0) is 13.0. The summed E-state index contributed by atoms with van der Waals surface area (Å²) in [6.07, 6.45) is 4.32. The molecule has 1 aliphatic rings. The van der Waals surface area contributed by atoms with Crippen molar-refractivity contribution < 1.29 is 0 Å². The van der Waals surface area contributed by atoms with Crippen LogP contribution >= 0.6 is 15.9 Å². The van der Waals surface area contributed by atoms with Gasteiger partial charge in [0.1, 0.15) is 0 Å². The van der Waals surface area contributed by atoms with Crippen molar-refractivity contribution in [3.8, 4) is 12.1 Å². The molecule has 2 atom stereocenters. The molecular formula is C14H14BrN3. The van der Waals surface area contributed by atoms with Crippen LogP contribution in [0.3, 0.4) is 0 Å². The first kappa shape index (κ1) is 12.9. The largest absolute Gasteiger partial charge is 0.380 e. The third-order valence-electron chi connectivity index (χ3n) is 3.37. The summed E-state index contributed by atoms with van der Waals surface area (Å²) in [7, 11) is 0. The first-order valence-corrected chi connectivity index (χ1v) is 6.89. The van der Waals surface area contributed by atoms with E-state index in [1.54, 1.807) is 12.1 Å². The molecule has 18 heavy (non-hydrogen) atoms. The molecule has 1 N–H and O–H groups in total. The van der Waals surface area contributed by atoms with Crippen LogP contribution in [-0.4, -0.2) is 6.04 Å². The monoisotopic (exact) mass is 303 g/mol. The molecule has 0 saturated heterocycles. The normalized spacial score (nSPS) is 22.8. The van der Waals surface area contributed by atoms with Crippen LogP contribution < -0.4 is 5.32 Å². The molecule has 0 aromatic heterocycles. The van der Waals surface area contributed by atoms with E-state index in [0.717, 1.165) is 29.4 Å². The molecule has 0 spiro atoms.